The highest BCUT2D eigenvalue weighted by Crippen LogP contribution is 2.26. The molecule has 1 atom stereocenters. The van der Waals surface area contributed by atoms with Gasteiger partial charge in [0.15, 0.2) is 0 Å². The maximum atomic E-state index is 13.4. The van der Waals surface area contributed by atoms with E-state index in [4.69, 9.17) is 0 Å². The van der Waals surface area contributed by atoms with Gasteiger partial charge in [0.1, 0.15) is 0 Å². The number of nitro groups is 1. The van der Waals surface area contributed by atoms with Gasteiger partial charge in [-0.3, -0.25) is 10.1 Å². The smallest absolute Gasteiger partial charge is 0.382 e. The van der Waals surface area contributed by atoms with Crippen molar-refractivity contribution in [2.24, 2.45) is 0 Å². The number of hydrogen-bond acceptors (Lipinski definition) is 4. The summed E-state index contributed by atoms with van der Waals surface area (Å²) in [6.45, 7) is 0. The highest BCUT2D eigenvalue weighted by molar-refractivity contribution is 5.91. The van der Waals surface area contributed by atoms with Crippen molar-refractivity contribution in [2.45, 2.75) is 12.2 Å². The van der Waals surface area contributed by atoms with Crippen LogP contribution in [0.15, 0.2) is 23.8 Å². The molecule has 0 bridgehead atoms. The highest BCUT2D eigenvalue weighted by Gasteiger charge is 2.42. The fourth-order valence-electron chi connectivity index (χ4n) is 1.07. The van der Waals surface area contributed by atoms with E-state index in [1.165, 1.54) is 12.2 Å². The summed E-state index contributed by atoms with van der Waals surface area (Å²) in [5, 5.41) is 10.3. The summed E-state index contributed by atoms with van der Waals surface area (Å²) in [4.78, 5) is 20.2. The molecule has 0 aromatic rings. The molecule has 0 amide bonds. The van der Waals surface area contributed by atoms with Crippen molar-refractivity contribution in [2.75, 3.05) is 7.11 Å². The molecule has 1 aliphatic carbocycles. The Hall–Kier alpha value is -1.72. The topological polar surface area (TPSA) is 69.4 Å². The van der Waals surface area contributed by atoms with Crippen LogP contribution in [0.2, 0.25) is 0 Å². The Bertz CT molecular complexity index is 336. The largest absolute Gasteiger partial charge is 0.465 e. The first-order chi connectivity index (χ1) is 6.49. The lowest BCUT2D eigenvalue weighted by Gasteiger charge is -2.14. The molecule has 0 N–H and O–H groups in total. The second-order valence-corrected chi connectivity index (χ2v) is 2.77. The Morgan fingerprint density at radius 3 is 2.93 bits per heavy atom. The zero-order chi connectivity index (χ0) is 10.8. The predicted molar refractivity (Wildman–Crippen MR) is 44.7 cm³/mol. The van der Waals surface area contributed by atoms with E-state index in [1.54, 1.807) is 0 Å². The SMILES string of the molecule is COC(=O)C1=CC(F)([N+](=O)[O-])CC=C1. The van der Waals surface area contributed by atoms with Crippen LogP contribution in [-0.4, -0.2) is 23.8 Å². The van der Waals surface area contributed by atoms with Gasteiger partial charge in [-0.05, 0) is 0 Å². The second kappa shape index (κ2) is 3.57. The van der Waals surface area contributed by atoms with Crippen LogP contribution in [0.4, 0.5) is 4.39 Å². The Labute approximate surface area is 79.0 Å². The molecule has 0 aromatic carbocycles. The number of esters is 1. The maximum absolute atomic E-state index is 13.4. The van der Waals surface area contributed by atoms with Gasteiger partial charge in [-0.2, -0.15) is 4.39 Å². The molecule has 0 spiro atoms. The number of hydrogen-bond donors (Lipinski definition) is 0. The first-order valence-corrected chi connectivity index (χ1v) is 3.81. The zero-order valence-corrected chi connectivity index (χ0v) is 7.40. The van der Waals surface area contributed by atoms with Crippen LogP contribution in [0.5, 0.6) is 0 Å². The van der Waals surface area contributed by atoms with E-state index in [-0.39, 0.29) is 12.0 Å². The third-order valence-electron chi connectivity index (χ3n) is 1.80. The predicted octanol–water partition coefficient (Wildman–Crippen LogP) is 0.988. The van der Waals surface area contributed by atoms with E-state index >= 15 is 0 Å². The van der Waals surface area contributed by atoms with E-state index in [2.05, 4.69) is 4.74 Å². The van der Waals surface area contributed by atoms with Crippen molar-refractivity contribution in [1.82, 2.24) is 0 Å². The molecule has 0 heterocycles. The Morgan fingerprint density at radius 2 is 2.43 bits per heavy atom. The Balaban J connectivity index is 2.99. The van der Waals surface area contributed by atoms with Gasteiger partial charge >= 0.3 is 11.8 Å². The summed E-state index contributed by atoms with van der Waals surface area (Å²) in [7, 11) is 1.12. The minimum absolute atomic E-state index is 0.141. The quantitative estimate of drug-likeness (QED) is 0.289. The average Bonchev–Trinajstić information content (AvgIpc) is 2.16. The summed E-state index contributed by atoms with van der Waals surface area (Å²) in [5.41, 5.74) is -0.141. The third kappa shape index (κ3) is 1.78. The summed E-state index contributed by atoms with van der Waals surface area (Å²) in [5.74, 6) is -3.48. The normalized spacial score (nSPS) is 25.4. The number of nitrogens with zero attached hydrogens (tertiary/aromatic N) is 1. The van der Waals surface area contributed by atoms with Gasteiger partial charge in [0.05, 0.1) is 24.0 Å². The molecule has 76 valence electrons. The van der Waals surface area contributed by atoms with Gasteiger partial charge in [0.2, 0.25) is 0 Å². The van der Waals surface area contributed by atoms with Crippen LogP contribution in [0.1, 0.15) is 6.42 Å². The molecular weight excluding hydrogens is 193 g/mol. The number of rotatable bonds is 2. The van der Waals surface area contributed by atoms with E-state index in [1.807, 2.05) is 0 Å². The number of carbonyl (C=O) groups excluding carboxylic acids is 1. The summed E-state index contributed by atoms with van der Waals surface area (Å²) in [6, 6.07) is 0. The number of carbonyl (C=O) groups is 1. The van der Waals surface area contributed by atoms with Gasteiger partial charge in [-0.25, -0.2) is 4.79 Å². The second-order valence-electron chi connectivity index (χ2n) is 2.77. The zero-order valence-electron chi connectivity index (χ0n) is 7.40. The van der Waals surface area contributed by atoms with Crippen LogP contribution in [0.25, 0.3) is 0 Å². The molecule has 1 unspecified atom stereocenters. The summed E-state index contributed by atoms with van der Waals surface area (Å²) in [6.07, 6.45) is 2.82. The Morgan fingerprint density at radius 1 is 1.79 bits per heavy atom. The molecular formula is C8H8FNO4. The van der Waals surface area contributed by atoms with E-state index in [0.717, 1.165) is 7.11 Å². The molecule has 0 aromatic heterocycles. The van der Waals surface area contributed by atoms with Gasteiger partial charge < -0.3 is 4.74 Å². The number of alkyl halides is 1. The van der Waals surface area contributed by atoms with Crippen LogP contribution < -0.4 is 0 Å². The van der Waals surface area contributed by atoms with Gasteiger partial charge in [0.25, 0.3) is 0 Å². The Kier molecular flexibility index (Phi) is 2.64. The lowest BCUT2D eigenvalue weighted by Crippen LogP contribution is -2.32. The van der Waals surface area contributed by atoms with Crippen molar-refractivity contribution in [3.05, 3.63) is 33.9 Å². The minimum atomic E-state index is -2.70. The van der Waals surface area contributed by atoms with Crippen molar-refractivity contribution < 1.29 is 18.8 Å². The van der Waals surface area contributed by atoms with Crippen LogP contribution in [-0.2, 0) is 9.53 Å². The van der Waals surface area contributed by atoms with Crippen molar-refractivity contribution in [3.63, 3.8) is 0 Å². The first kappa shape index (κ1) is 10.4. The number of ether oxygens (including phenoxy) is 1. The molecule has 1 rings (SSSR count). The van der Waals surface area contributed by atoms with Crippen LogP contribution in [0.3, 0.4) is 0 Å². The molecule has 0 saturated heterocycles. The lowest BCUT2D eigenvalue weighted by molar-refractivity contribution is -0.588. The monoisotopic (exact) mass is 201 g/mol. The highest BCUT2D eigenvalue weighted by atomic mass is 19.1. The third-order valence-corrected chi connectivity index (χ3v) is 1.80. The molecule has 0 radical (unpaired) electrons. The maximum Gasteiger partial charge on any atom is 0.382 e. The minimum Gasteiger partial charge on any atom is -0.465 e. The van der Waals surface area contributed by atoms with E-state index in [0.29, 0.717) is 6.08 Å². The standard InChI is InChI=1S/C8H8FNO4/c1-14-7(11)6-3-2-4-8(9,5-6)10(12)13/h2-3,5H,4H2,1H3. The molecule has 0 saturated carbocycles. The molecule has 5 nitrogen and oxygen atoms in total. The fraction of sp³-hybridized carbons (Fsp3) is 0.375. The van der Waals surface area contributed by atoms with Gasteiger partial charge in [-0.1, -0.05) is 12.2 Å². The molecule has 0 aliphatic heterocycles. The molecule has 14 heavy (non-hydrogen) atoms. The first-order valence-electron chi connectivity index (χ1n) is 3.81. The fourth-order valence-corrected chi connectivity index (χ4v) is 1.07. The van der Waals surface area contributed by atoms with E-state index < -0.39 is 16.7 Å². The summed E-state index contributed by atoms with van der Waals surface area (Å²) < 4.78 is 17.7. The number of methoxy groups -OCH3 is 1. The van der Waals surface area contributed by atoms with Crippen LogP contribution >= 0.6 is 0 Å². The van der Waals surface area contributed by atoms with Crippen molar-refractivity contribution >= 4 is 5.97 Å². The van der Waals surface area contributed by atoms with Crippen molar-refractivity contribution in [1.29, 1.82) is 0 Å². The van der Waals surface area contributed by atoms with Gasteiger partial charge in [0, 0.05) is 6.08 Å². The molecule has 6 heteroatoms. The van der Waals surface area contributed by atoms with E-state index in [9.17, 15) is 19.3 Å². The van der Waals surface area contributed by atoms with Crippen molar-refractivity contribution in [3.8, 4) is 0 Å². The molecule has 1 aliphatic rings. The van der Waals surface area contributed by atoms with Crippen LogP contribution in [0, 0.1) is 10.1 Å². The molecule has 0 fully saturated rings. The summed E-state index contributed by atoms with van der Waals surface area (Å²) >= 11 is 0. The van der Waals surface area contributed by atoms with Gasteiger partial charge in [-0.15, -0.1) is 0 Å². The number of halogens is 1. The average molecular weight is 201 g/mol. The lowest BCUT2D eigenvalue weighted by atomic mass is 10.0.